The van der Waals surface area contributed by atoms with Crippen molar-refractivity contribution in [3.8, 4) is 11.3 Å². The number of carbonyl (C=O) groups excluding carboxylic acids is 1. The molecule has 4 N–H and O–H groups in total. The summed E-state index contributed by atoms with van der Waals surface area (Å²) in [6, 6.07) is 21.2. The molecule has 9 heteroatoms. The summed E-state index contributed by atoms with van der Waals surface area (Å²) in [5.74, 6) is 0.420. The minimum Gasteiger partial charge on any atom is -0.374 e. The molecule has 4 aromatic rings. The van der Waals surface area contributed by atoms with Crippen molar-refractivity contribution < 1.29 is 9.90 Å². The minimum atomic E-state index is -0.648. The maximum atomic E-state index is 12.6. The van der Waals surface area contributed by atoms with Crippen LogP contribution < -0.4 is 16.0 Å². The fraction of sp³-hybridized carbons (Fsp3) is 0.296. The normalized spacial score (nSPS) is 15.5. The predicted octanol–water partition coefficient (Wildman–Crippen LogP) is 3.71. The van der Waals surface area contributed by atoms with Crippen LogP contribution in [0.1, 0.15) is 30.1 Å². The third kappa shape index (κ3) is 5.48. The zero-order valence-corrected chi connectivity index (χ0v) is 20.5. The summed E-state index contributed by atoms with van der Waals surface area (Å²) in [5, 5.41) is 23.7. The molecule has 2 aromatic heterocycles. The van der Waals surface area contributed by atoms with Crippen LogP contribution in [0.2, 0.25) is 0 Å². The third-order valence-corrected chi connectivity index (χ3v) is 6.35. The van der Waals surface area contributed by atoms with Crippen LogP contribution in [-0.2, 0) is 0 Å². The molecular formula is C27H31N7O2. The molecule has 0 aliphatic carbocycles. The Morgan fingerprint density at radius 3 is 2.53 bits per heavy atom. The largest absolute Gasteiger partial charge is 0.374 e. The van der Waals surface area contributed by atoms with Crippen LogP contribution in [-0.4, -0.2) is 62.9 Å². The van der Waals surface area contributed by atoms with Crippen molar-refractivity contribution in [3.63, 3.8) is 0 Å². The number of pyridine rings is 1. The Balaban J connectivity index is 1.30. The highest BCUT2D eigenvalue weighted by Gasteiger charge is 2.19. The summed E-state index contributed by atoms with van der Waals surface area (Å²) < 4.78 is 1.78. The van der Waals surface area contributed by atoms with Crippen molar-refractivity contribution in [2.24, 2.45) is 0 Å². The average Bonchev–Trinajstić information content (AvgIpc) is 3.28. The van der Waals surface area contributed by atoms with Gasteiger partial charge in [-0.2, -0.15) is 4.98 Å². The van der Waals surface area contributed by atoms with Crippen LogP contribution in [0, 0.1) is 0 Å². The number of nitrogens with one attached hydrogen (secondary N) is 3. The number of benzene rings is 2. The van der Waals surface area contributed by atoms with E-state index in [1.54, 1.807) is 11.4 Å². The smallest absolute Gasteiger partial charge is 0.251 e. The Morgan fingerprint density at radius 1 is 1.03 bits per heavy atom. The number of carbonyl (C=O) groups is 1. The van der Waals surface area contributed by atoms with Crippen molar-refractivity contribution >= 4 is 28.9 Å². The number of likely N-dealkylation sites (tertiary alicyclic amines) is 1. The second kappa shape index (κ2) is 10.3. The van der Waals surface area contributed by atoms with Crippen LogP contribution in [0.3, 0.4) is 0 Å². The fourth-order valence-corrected chi connectivity index (χ4v) is 4.44. The number of aliphatic hydroxyl groups is 1. The van der Waals surface area contributed by atoms with Gasteiger partial charge in [-0.25, -0.2) is 4.52 Å². The molecule has 2 aromatic carbocycles. The minimum absolute atomic E-state index is 0.0427. The molecule has 1 aliphatic heterocycles. The molecule has 186 valence electrons. The summed E-state index contributed by atoms with van der Waals surface area (Å²) >= 11 is 0. The Morgan fingerprint density at radius 2 is 1.78 bits per heavy atom. The predicted molar refractivity (Wildman–Crippen MR) is 141 cm³/mol. The van der Waals surface area contributed by atoms with E-state index in [1.165, 1.54) is 0 Å². The summed E-state index contributed by atoms with van der Waals surface area (Å²) in [5.41, 5.74) is 4.78. The quantitative estimate of drug-likeness (QED) is 0.296. The van der Waals surface area contributed by atoms with Crippen LogP contribution >= 0.6 is 0 Å². The van der Waals surface area contributed by atoms with Gasteiger partial charge in [-0.05, 0) is 88.4 Å². The van der Waals surface area contributed by atoms with Gasteiger partial charge >= 0.3 is 0 Å². The molecule has 9 nitrogen and oxygen atoms in total. The molecule has 1 amide bonds. The summed E-state index contributed by atoms with van der Waals surface area (Å²) in [7, 11) is 2.11. The van der Waals surface area contributed by atoms with Crippen molar-refractivity contribution in [2.45, 2.75) is 32.0 Å². The van der Waals surface area contributed by atoms with Crippen molar-refractivity contribution in [1.82, 2.24) is 24.8 Å². The highest BCUT2D eigenvalue weighted by Crippen LogP contribution is 2.25. The van der Waals surface area contributed by atoms with E-state index in [2.05, 4.69) is 38.0 Å². The number of hydrogen-bond donors (Lipinski definition) is 4. The first-order valence-corrected chi connectivity index (χ1v) is 12.2. The van der Waals surface area contributed by atoms with Crippen LogP contribution in [0.15, 0.2) is 66.7 Å². The third-order valence-electron chi connectivity index (χ3n) is 6.35. The van der Waals surface area contributed by atoms with E-state index in [0.29, 0.717) is 17.2 Å². The molecule has 5 rings (SSSR count). The van der Waals surface area contributed by atoms with Gasteiger partial charge in [0, 0.05) is 28.5 Å². The molecular weight excluding hydrogens is 454 g/mol. The second-order valence-corrected chi connectivity index (χ2v) is 9.27. The summed E-state index contributed by atoms with van der Waals surface area (Å²) in [6.45, 7) is 3.69. The van der Waals surface area contributed by atoms with Gasteiger partial charge < -0.3 is 26.0 Å². The molecule has 1 saturated heterocycles. The highest BCUT2D eigenvalue weighted by atomic mass is 16.3. The van der Waals surface area contributed by atoms with E-state index in [9.17, 15) is 9.90 Å². The van der Waals surface area contributed by atoms with Gasteiger partial charge in [0.25, 0.3) is 5.91 Å². The van der Waals surface area contributed by atoms with Gasteiger partial charge in [0.15, 0.2) is 5.65 Å². The Kier molecular flexibility index (Phi) is 6.84. The lowest BCUT2D eigenvalue weighted by molar-refractivity contribution is 0.0917. The standard InChI is InChI=1S/C27H31N7O2/c1-18(35)28-23-6-3-5-20(17-23)24-7-4-8-25-31-27(32-34(24)25)30-21-11-9-19(10-12-21)26(36)29-22-13-15-33(2)16-14-22/h3-12,17-18,22,28,35H,13-16H2,1-2H3,(H,29,36)(H,30,32). The van der Waals surface area contributed by atoms with Crippen LogP contribution in [0.25, 0.3) is 16.9 Å². The molecule has 0 bridgehead atoms. The Bertz CT molecular complexity index is 1340. The van der Waals surface area contributed by atoms with Gasteiger partial charge in [0.1, 0.15) is 6.23 Å². The van der Waals surface area contributed by atoms with Crippen LogP contribution in [0.4, 0.5) is 17.3 Å². The number of rotatable bonds is 7. The van der Waals surface area contributed by atoms with E-state index in [4.69, 9.17) is 0 Å². The molecule has 3 heterocycles. The van der Waals surface area contributed by atoms with Gasteiger partial charge in [-0.1, -0.05) is 18.2 Å². The van der Waals surface area contributed by atoms with Gasteiger partial charge in [-0.3, -0.25) is 4.79 Å². The number of fused-ring (bicyclic) bond motifs is 1. The lowest BCUT2D eigenvalue weighted by Gasteiger charge is -2.29. The number of anilines is 3. The Labute approximate surface area is 210 Å². The number of aliphatic hydroxyl groups excluding tert-OH is 1. The van der Waals surface area contributed by atoms with Crippen molar-refractivity contribution in [1.29, 1.82) is 0 Å². The maximum Gasteiger partial charge on any atom is 0.251 e. The molecule has 1 fully saturated rings. The zero-order chi connectivity index (χ0) is 25.1. The topological polar surface area (TPSA) is 107 Å². The van der Waals surface area contributed by atoms with E-state index in [0.717, 1.165) is 48.6 Å². The van der Waals surface area contributed by atoms with Gasteiger partial charge in [0.05, 0.1) is 5.69 Å². The zero-order valence-electron chi connectivity index (χ0n) is 20.5. The molecule has 1 atom stereocenters. The first-order valence-electron chi connectivity index (χ1n) is 12.2. The number of amides is 1. The molecule has 1 unspecified atom stereocenters. The number of aromatic nitrogens is 3. The summed E-state index contributed by atoms with van der Waals surface area (Å²) in [6.07, 6.45) is 1.31. The van der Waals surface area contributed by atoms with E-state index >= 15 is 0 Å². The number of nitrogens with zero attached hydrogens (tertiary/aromatic N) is 4. The fourth-order valence-electron chi connectivity index (χ4n) is 4.44. The number of hydrogen-bond acceptors (Lipinski definition) is 7. The lowest BCUT2D eigenvalue weighted by Crippen LogP contribution is -2.43. The second-order valence-electron chi connectivity index (χ2n) is 9.27. The highest BCUT2D eigenvalue weighted by molar-refractivity contribution is 5.94. The average molecular weight is 486 g/mol. The molecule has 1 aliphatic rings. The van der Waals surface area contributed by atoms with E-state index in [-0.39, 0.29) is 11.9 Å². The van der Waals surface area contributed by atoms with E-state index in [1.807, 2.05) is 66.7 Å². The number of piperidine rings is 1. The van der Waals surface area contributed by atoms with Gasteiger partial charge in [0.2, 0.25) is 5.95 Å². The monoisotopic (exact) mass is 485 g/mol. The summed E-state index contributed by atoms with van der Waals surface area (Å²) in [4.78, 5) is 19.5. The van der Waals surface area contributed by atoms with E-state index < -0.39 is 6.23 Å². The van der Waals surface area contributed by atoms with Crippen LogP contribution in [0.5, 0.6) is 0 Å². The maximum absolute atomic E-state index is 12.6. The lowest BCUT2D eigenvalue weighted by atomic mass is 10.0. The Hall–Kier alpha value is -3.95. The molecule has 0 spiro atoms. The van der Waals surface area contributed by atoms with Crippen molar-refractivity contribution in [2.75, 3.05) is 30.8 Å². The van der Waals surface area contributed by atoms with Crippen molar-refractivity contribution in [3.05, 3.63) is 72.3 Å². The molecule has 36 heavy (non-hydrogen) atoms. The first kappa shape index (κ1) is 23.8. The SMILES string of the molecule is CC(O)Nc1cccc(-c2cccc3nc(Nc4ccc(C(=O)NC5CCN(C)CC5)cc4)nn23)c1. The molecule has 0 radical (unpaired) electrons. The van der Waals surface area contributed by atoms with Gasteiger partial charge in [-0.15, -0.1) is 5.10 Å². The first-order chi connectivity index (χ1) is 17.4. The molecule has 0 saturated carbocycles.